The van der Waals surface area contributed by atoms with Crippen molar-refractivity contribution >= 4 is 23.4 Å². The average molecular weight is 500 g/mol. The summed E-state index contributed by atoms with van der Waals surface area (Å²) in [6, 6.07) is 7.28. The molecule has 2 aliphatic heterocycles. The zero-order valence-corrected chi connectivity index (χ0v) is 19.3. The number of benzene rings is 2. The summed E-state index contributed by atoms with van der Waals surface area (Å²) in [7, 11) is 0. The molecule has 0 aliphatic carbocycles. The molecule has 7 nitrogen and oxygen atoms in total. The van der Waals surface area contributed by atoms with Crippen LogP contribution in [-0.4, -0.2) is 32.9 Å². The second-order valence-corrected chi connectivity index (χ2v) is 9.26. The first-order chi connectivity index (χ1) is 16.6. The highest BCUT2D eigenvalue weighted by Gasteiger charge is 2.37. The minimum Gasteiger partial charge on any atom is -0.503 e. The van der Waals surface area contributed by atoms with E-state index in [2.05, 4.69) is 5.32 Å². The van der Waals surface area contributed by atoms with Gasteiger partial charge in [-0.15, -0.1) is 0 Å². The number of carbonyl (C=O) groups is 2. The van der Waals surface area contributed by atoms with Crippen LogP contribution in [0.2, 0.25) is 5.02 Å². The van der Waals surface area contributed by atoms with Gasteiger partial charge in [0.25, 0.3) is 11.8 Å². The molecule has 1 aromatic heterocycles. The second-order valence-electron chi connectivity index (χ2n) is 8.82. The molecule has 2 amide bonds. The van der Waals surface area contributed by atoms with Gasteiger partial charge >= 0.3 is 0 Å². The van der Waals surface area contributed by atoms with Gasteiger partial charge in [0.15, 0.2) is 11.4 Å². The van der Waals surface area contributed by atoms with Crippen molar-refractivity contribution in [1.29, 1.82) is 0 Å². The van der Waals surface area contributed by atoms with Gasteiger partial charge in [0.2, 0.25) is 5.43 Å². The molecule has 5 rings (SSSR count). The van der Waals surface area contributed by atoms with Crippen molar-refractivity contribution in [2.24, 2.45) is 0 Å². The van der Waals surface area contributed by atoms with Crippen LogP contribution >= 0.6 is 11.6 Å². The van der Waals surface area contributed by atoms with Crippen LogP contribution in [0.5, 0.6) is 5.75 Å². The minimum atomic E-state index is -1.03. The molecule has 2 bridgehead atoms. The molecule has 35 heavy (non-hydrogen) atoms. The molecule has 2 N–H and O–H groups in total. The van der Waals surface area contributed by atoms with Gasteiger partial charge < -0.3 is 19.9 Å². The lowest BCUT2D eigenvalue weighted by molar-refractivity contribution is 0.0653. The first kappa shape index (κ1) is 23.0. The van der Waals surface area contributed by atoms with Crippen LogP contribution in [0.25, 0.3) is 0 Å². The molecule has 2 aromatic carbocycles. The van der Waals surface area contributed by atoms with E-state index in [4.69, 9.17) is 11.6 Å². The van der Waals surface area contributed by atoms with E-state index in [1.807, 2.05) is 12.1 Å². The molecule has 1 atom stereocenters. The number of nitrogens with one attached hydrogen (secondary N) is 1. The summed E-state index contributed by atoms with van der Waals surface area (Å²) in [6.07, 6.45) is 1.68. The van der Waals surface area contributed by atoms with Crippen LogP contribution in [0.15, 0.2) is 41.3 Å². The number of pyridine rings is 1. The third kappa shape index (κ3) is 3.95. The van der Waals surface area contributed by atoms with Gasteiger partial charge in [-0.3, -0.25) is 14.4 Å². The fourth-order valence-electron chi connectivity index (χ4n) is 4.72. The first-order valence-corrected chi connectivity index (χ1v) is 11.3. The Kier molecular flexibility index (Phi) is 5.59. The molecular formula is C25H20ClF2N3O4. The fourth-order valence-corrected chi connectivity index (χ4v) is 4.91. The SMILES string of the molecule is Cc1cc(F)c(CNC(=O)c2cn3c(c(O)c2=O)C(=O)N2Cc4ccc(Cl)cc4CC3C2)c(F)c1. The lowest BCUT2D eigenvalue weighted by Crippen LogP contribution is -2.44. The average Bonchev–Trinajstić information content (AvgIpc) is 2.96. The molecule has 0 saturated heterocycles. The topological polar surface area (TPSA) is 91.6 Å². The van der Waals surface area contributed by atoms with Crippen molar-refractivity contribution in [3.63, 3.8) is 0 Å². The highest BCUT2D eigenvalue weighted by molar-refractivity contribution is 6.30. The van der Waals surface area contributed by atoms with E-state index in [-0.39, 0.29) is 17.3 Å². The van der Waals surface area contributed by atoms with Crippen LogP contribution in [0.4, 0.5) is 8.78 Å². The number of aromatic nitrogens is 1. The van der Waals surface area contributed by atoms with Gasteiger partial charge in [0, 0.05) is 36.4 Å². The van der Waals surface area contributed by atoms with Crippen molar-refractivity contribution in [2.75, 3.05) is 6.54 Å². The molecule has 180 valence electrons. The summed E-state index contributed by atoms with van der Waals surface area (Å²) >= 11 is 6.16. The van der Waals surface area contributed by atoms with Crippen LogP contribution in [0, 0.1) is 18.6 Å². The van der Waals surface area contributed by atoms with Crippen molar-refractivity contribution in [2.45, 2.75) is 32.5 Å². The highest BCUT2D eigenvalue weighted by Crippen LogP contribution is 2.34. The number of hydrogen-bond donors (Lipinski definition) is 2. The van der Waals surface area contributed by atoms with Crippen molar-refractivity contribution in [1.82, 2.24) is 14.8 Å². The monoisotopic (exact) mass is 499 g/mol. The zero-order valence-electron chi connectivity index (χ0n) is 18.6. The van der Waals surface area contributed by atoms with Gasteiger partial charge in [-0.05, 0) is 54.3 Å². The summed E-state index contributed by atoms with van der Waals surface area (Å²) in [5.74, 6) is -3.95. The molecule has 3 aromatic rings. The number of carbonyl (C=O) groups excluding carboxylic acids is 2. The number of rotatable bonds is 3. The maximum Gasteiger partial charge on any atom is 0.274 e. The largest absolute Gasteiger partial charge is 0.503 e. The van der Waals surface area contributed by atoms with Gasteiger partial charge in [-0.1, -0.05) is 17.7 Å². The Morgan fingerprint density at radius 3 is 2.60 bits per heavy atom. The minimum absolute atomic E-state index is 0.197. The van der Waals surface area contributed by atoms with Crippen LogP contribution in [0.3, 0.4) is 0 Å². The Bertz CT molecular complexity index is 1450. The number of aryl methyl sites for hydroxylation is 1. The Balaban J connectivity index is 1.51. The van der Waals surface area contributed by atoms with Crippen molar-refractivity contribution in [3.05, 3.63) is 96.9 Å². The van der Waals surface area contributed by atoms with Gasteiger partial charge in [0.1, 0.15) is 17.2 Å². The second kappa shape index (κ2) is 8.49. The number of amides is 2. The molecule has 0 spiro atoms. The van der Waals surface area contributed by atoms with E-state index < -0.39 is 46.7 Å². The Labute approximate surface area is 203 Å². The predicted molar refractivity (Wildman–Crippen MR) is 124 cm³/mol. The molecule has 0 fully saturated rings. The van der Waals surface area contributed by atoms with E-state index in [1.54, 1.807) is 11.0 Å². The van der Waals surface area contributed by atoms with E-state index in [0.29, 0.717) is 30.1 Å². The van der Waals surface area contributed by atoms with E-state index in [9.17, 15) is 28.3 Å². The van der Waals surface area contributed by atoms with Crippen LogP contribution in [-0.2, 0) is 19.5 Å². The smallest absolute Gasteiger partial charge is 0.274 e. The van der Waals surface area contributed by atoms with E-state index >= 15 is 0 Å². The number of halogens is 3. The summed E-state index contributed by atoms with van der Waals surface area (Å²) in [4.78, 5) is 40.3. The Morgan fingerprint density at radius 2 is 1.89 bits per heavy atom. The number of aromatic hydroxyl groups is 1. The molecular weight excluding hydrogens is 480 g/mol. The molecule has 2 aliphatic rings. The highest BCUT2D eigenvalue weighted by atomic mass is 35.5. The lowest BCUT2D eigenvalue weighted by Gasteiger charge is -2.34. The third-order valence-electron chi connectivity index (χ3n) is 6.47. The fraction of sp³-hybridized carbons (Fsp3) is 0.240. The van der Waals surface area contributed by atoms with Crippen molar-refractivity contribution in [3.8, 4) is 5.75 Å². The quantitative estimate of drug-likeness (QED) is 0.577. The third-order valence-corrected chi connectivity index (χ3v) is 6.70. The molecule has 10 heteroatoms. The standard InChI is InChI=1S/C25H20ClF2N3O4/c1-12-4-19(27)17(20(28)5-12)8-29-24(34)18-11-31-16-7-14-6-15(26)3-2-13(14)9-30(10-16)25(35)21(31)23(33)22(18)32/h2-6,11,16,33H,7-10H2,1H3,(H,29,34). The normalized spacial score (nSPS) is 16.4. The molecule has 1 unspecified atom stereocenters. The summed E-state index contributed by atoms with van der Waals surface area (Å²) in [6.45, 7) is 1.64. The van der Waals surface area contributed by atoms with E-state index in [1.165, 1.54) is 17.7 Å². The molecule has 0 saturated carbocycles. The van der Waals surface area contributed by atoms with Crippen molar-refractivity contribution < 1.29 is 23.5 Å². The predicted octanol–water partition coefficient (Wildman–Crippen LogP) is 3.48. The Morgan fingerprint density at radius 1 is 1.17 bits per heavy atom. The number of hydrogen-bond acceptors (Lipinski definition) is 4. The maximum absolute atomic E-state index is 14.2. The Hall–Kier alpha value is -3.72. The first-order valence-electron chi connectivity index (χ1n) is 10.9. The molecule has 3 heterocycles. The van der Waals surface area contributed by atoms with Crippen LogP contribution in [0.1, 0.15) is 49.1 Å². The van der Waals surface area contributed by atoms with E-state index in [0.717, 1.165) is 23.3 Å². The van der Waals surface area contributed by atoms with Crippen LogP contribution < -0.4 is 10.7 Å². The molecule has 0 radical (unpaired) electrons. The number of nitrogens with zero attached hydrogens (tertiary/aromatic N) is 2. The summed E-state index contributed by atoms with van der Waals surface area (Å²) < 4.78 is 29.7. The van der Waals surface area contributed by atoms with Gasteiger partial charge in [-0.2, -0.15) is 0 Å². The summed E-state index contributed by atoms with van der Waals surface area (Å²) in [5, 5.41) is 13.5. The van der Waals surface area contributed by atoms with Gasteiger partial charge in [-0.25, -0.2) is 8.78 Å². The lowest BCUT2D eigenvalue weighted by atomic mass is 10.0. The van der Waals surface area contributed by atoms with Gasteiger partial charge in [0.05, 0.1) is 6.04 Å². The summed E-state index contributed by atoms with van der Waals surface area (Å²) in [5.41, 5.74) is 0.189. The maximum atomic E-state index is 14.2. The zero-order chi connectivity index (χ0) is 25.0. The number of fused-ring (bicyclic) bond motifs is 5.